The lowest BCUT2D eigenvalue weighted by Gasteiger charge is -2.27. The highest BCUT2D eigenvalue weighted by Gasteiger charge is 2.24. The summed E-state index contributed by atoms with van der Waals surface area (Å²) in [6, 6.07) is 25.0. The van der Waals surface area contributed by atoms with Crippen LogP contribution in [-0.4, -0.2) is 35.8 Å². The second-order valence-corrected chi connectivity index (χ2v) is 8.63. The first-order valence-electron chi connectivity index (χ1n) is 11.4. The minimum atomic E-state index is -0.784. The van der Waals surface area contributed by atoms with Crippen LogP contribution < -0.4 is 15.8 Å². The fourth-order valence-corrected chi connectivity index (χ4v) is 4.04. The average molecular weight is 447 g/mol. The molecule has 5 nitrogen and oxygen atoms in total. The summed E-state index contributed by atoms with van der Waals surface area (Å²) in [5.74, 6) is 0.451. The van der Waals surface area contributed by atoms with Crippen LogP contribution in [0.3, 0.4) is 0 Å². The number of ether oxygens (including phenoxy) is 1. The van der Waals surface area contributed by atoms with E-state index in [1.54, 1.807) is 0 Å². The highest BCUT2D eigenvalue weighted by atomic mass is 16.5. The molecule has 0 spiro atoms. The fourth-order valence-electron chi connectivity index (χ4n) is 4.04. The topological polar surface area (TPSA) is 84.6 Å². The van der Waals surface area contributed by atoms with E-state index in [4.69, 9.17) is 10.5 Å². The molecule has 0 aliphatic rings. The number of benzene rings is 3. The van der Waals surface area contributed by atoms with E-state index in [0.29, 0.717) is 19.3 Å². The van der Waals surface area contributed by atoms with Crippen molar-refractivity contribution in [1.82, 2.24) is 5.32 Å². The van der Waals surface area contributed by atoms with Crippen LogP contribution in [-0.2, 0) is 17.6 Å². The third kappa shape index (κ3) is 7.74. The Morgan fingerprint density at radius 1 is 0.879 bits per heavy atom. The van der Waals surface area contributed by atoms with Gasteiger partial charge in [0.2, 0.25) is 0 Å². The van der Waals surface area contributed by atoms with Crippen molar-refractivity contribution in [3.8, 4) is 5.75 Å². The summed E-state index contributed by atoms with van der Waals surface area (Å²) in [5.41, 5.74) is 10.5. The van der Waals surface area contributed by atoms with Crippen molar-refractivity contribution in [3.05, 3.63) is 101 Å². The largest absolute Gasteiger partial charge is 0.483 e. The number of rotatable bonds is 11. The molecule has 4 N–H and O–H groups in total. The number of para-hydroxylation sites is 1. The number of hydrogen-bond acceptors (Lipinski definition) is 4. The molecule has 33 heavy (non-hydrogen) atoms. The van der Waals surface area contributed by atoms with Gasteiger partial charge in [0.1, 0.15) is 5.75 Å². The van der Waals surface area contributed by atoms with Gasteiger partial charge in [-0.15, -0.1) is 0 Å². The number of aryl methyl sites for hydroxylation is 2. The summed E-state index contributed by atoms with van der Waals surface area (Å²) in [6.45, 7) is 3.80. The SMILES string of the molecule is Cc1cccc(C)c1OCC(=O)N[C@@H](Cc1ccccc1)[C@H](O)C[C@@H](N)Cc1ccccc1. The molecule has 1 amide bonds. The molecule has 3 atom stereocenters. The number of aliphatic hydroxyl groups is 1. The molecule has 0 saturated carbocycles. The molecular formula is C28H34N2O3. The molecule has 3 rings (SSSR count). The third-order valence-corrected chi connectivity index (χ3v) is 5.75. The number of carbonyl (C=O) groups is 1. The molecule has 0 radical (unpaired) electrons. The van der Waals surface area contributed by atoms with E-state index in [1.807, 2.05) is 92.7 Å². The molecule has 174 valence electrons. The monoisotopic (exact) mass is 446 g/mol. The van der Waals surface area contributed by atoms with Gasteiger partial charge in [-0.25, -0.2) is 0 Å². The normalized spacial score (nSPS) is 13.7. The third-order valence-electron chi connectivity index (χ3n) is 5.75. The molecule has 0 aliphatic heterocycles. The average Bonchev–Trinajstić information content (AvgIpc) is 2.79. The lowest BCUT2D eigenvalue weighted by atomic mass is 9.94. The Kier molecular flexibility index (Phi) is 9.04. The molecule has 0 aliphatic carbocycles. The zero-order chi connectivity index (χ0) is 23.6. The van der Waals surface area contributed by atoms with Gasteiger partial charge in [0.05, 0.1) is 12.1 Å². The lowest BCUT2D eigenvalue weighted by molar-refractivity contribution is -0.124. The van der Waals surface area contributed by atoms with Crippen molar-refractivity contribution >= 4 is 5.91 Å². The first-order valence-corrected chi connectivity index (χ1v) is 11.4. The van der Waals surface area contributed by atoms with Crippen molar-refractivity contribution in [2.45, 2.75) is 51.3 Å². The molecule has 5 heteroatoms. The van der Waals surface area contributed by atoms with Crippen molar-refractivity contribution in [1.29, 1.82) is 0 Å². The second-order valence-electron chi connectivity index (χ2n) is 8.63. The molecule has 0 unspecified atom stereocenters. The molecule has 0 saturated heterocycles. The molecular weight excluding hydrogens is 412 g/mol. The number of nitrogens with two attached hydrogens (primary N) is 1. The number of nitrogens with one attached hydrogen (secondary N) is 1. The van der Waals surface area contributed by atoms with Gasteiger partial charge >= 0.3 is 0 Å². The van der Waals surface area contributed by atoms with Gasteiger partial charge in [0, 0.05) is 6.04 Å². The molecule has 3 aromatic rings. The Balaban J connectivity index is 1.63. The molecule has 0 bridgehead atoms. The number of amides is 1. The molecule has 0 heterocycles. The Labute approximate surface area is 196 Å². The smallest absolute Gasteiger partial charge is 0.258 e. The van der Waals surface area contributed by atoms with Gasteiger partial charge in [-0.05, 0) is 55.4 Å². The Hall–Kier alpha value is -3.15. The Morgan fingerprint density at radius 2 is 1.42 bits per heavy atom. The van der Waals surface area contributed by atoms with Crippen LogP contribution in [0, 0.1) is 13.8 Å². The minimum absolute atomic E-state index is 0.111. The predicted octanol–water partition coefficient (Wildman–Crippen LogP) is 3.73. The summed E-state index contributed by atoms with van der Waals surface area (Å²) in [4.78, 5) is 12.7. The predicted molar refractivity (Wildman–Crippen MR) is 132 cm³/mol. The van der Waals surface area contributed by atoms with Gasteiger partial charge in [-0.3, -0.25) is 4.79 Å². The summed E-state index contributed by atoms with van der Waals surface area (Å²) in [6.07, 6.45) is 0.771. The van der Waals surface area contributed by atoms with E-state index < -0.39 is 12.1 Å². The van der Waals surface area contributed by atoms with Crippen LogP contribution >= 0.6 is 0 Å². The van der Waals surface area contributed by atoms with Crippen LogP contribution in [0.4, 0.5) is 0 Å². The quantitative estimate of drug-likeness (QED) is 0.419. The Bertz CT molecular complexity index is 988. The van der Waals surface area contributed by atoms with Crippen molar-refractivity contribution in [3.63, 3.8) is 0 Å². The highest BCUT2D eigenvalue weighted by Crippen LogP contribution is 2.22. The summed E-state index contributed by atoms with van der Waals surface area (Å²) in [7, 11) is 0. The molecule has 3 aromatic carbocycles. The van der Waals surface area contributed by atoms with E-state index in [2.05, 4.69) is 5.32 Å². The maximum atomic E-state index is 12.7. The van der Waals surface area contributed by atoms with Crippen molar-refractivity contribution < 1.29 is 14.6 Å². The molecule has 0 aromatic heterocycles. The van der Waals surface area contributed by atoms with Gasteiger partial charge in [0.25, 0.3) is 5.91 Å². The zero-order valence-electron chi connectivity index (χ0n) is 19.4. The molecule has 0 fully saturated rings. The fraction of sp³-hybridized carbons (Fsp3) is 0.321. The first-order chi connectivity index (χ1) is 15.9. The standard InChI is InChI=1S/C28H34N2O3/c1-20-10-9-11-21(2)28(20)33-19-27(32)30-25(17-23-14-7-4-8-15-23)26(31)18-24(29)16-22-12-5-3-6-13-22/h3-15,24-26,31H,16-19,29H2,1-2H3,(H,30,32)/t24-,25-,26+/m0/s1. The van der Waals surface area contributed by atoms with Gasteiger partial charge < -0.3 is 20.9 Å². The number of aliphatic hydroxyl groups excluding tert-OH is 1. The maximum Gasteiger partial charge on any atom is 0.258 e. The second kappa shape index (κ2) is 12.2. The highest BCUT2D eigenvalue weighted by molar-refractivity contribution is 5.78. The van der Waals surface area contributed by atoms with E-state index in [9.17, 15) is 9.90 Å². The van der Waals surface area contributed by atoms with Crippen LogP contribution in [0.5, 0.6) is 5.75 Å². The summed E-state index contributed by atoms with van der Waals surface area (Å²) in [5, 5.41) is 14.0. The van der Waals surface area contributed by atoms with Crippen molar-refractivity contribution in [2.24, 2.45) is 5.73 Å². The van der Waals surface area contributed by atoms with Crippen LogP contribution in [0.25, 0.3) is 0 Å². The maximum absolute atomic E-state index is 12.7. The number of hydrogen-bond donors (Lipinski definition) is 3. The van der Waals surface area contributed by atoms with E-state index >= 15 is 0 Å². The van der Waals surface area contributed by atoms with Crippen LogP contribution in [0.1, 0.15) is 28.7 Å². The summed E-state index contributed by atoms with van der Waals surface area (Å²) < 4.78 is 5.80. The van der Waals surface area contributed by atoms with Crippen molar-refractivity contribution in [2.75, 3.05) is 6.61 Å². The Morgan fingerprint density at radius 3 is 2.00 bits per heavy atom. The van der Waals surface area contributed by atoms with Gasteiger partial charge in [0.15, 0.2) is 6.61 Å². The summed E-state index contributed by atoms with van der Waals surface area (Å²) >= 11 is 0. The lowest BCUT2D eigenvalue weighted by Crippen LogP contribution is -2.48. The van der Waals surface area contributed by atoms with E-state index in [1.165, 1.54) is 0 Å². The number of carbonyl (C=O) groups excluding carboxylic acids is 1. The van der Waals surface area contributed by atoms with E-state index in [-0.39, 0.29) is 18.6 Å². The minimum Gasteiger partial charge on any atom is -0.483 e. The zero-order valence-corrected chi connectivity index (χ0v) is 19.4. The first kappa shape index (κ1) is 24.5. The van der Waals surface area contributed by atoms with Crippen LogP contribution in [0.2, 0.25) is 0 Å². The van der Waals surface area contributed by atoms with Gasteiger partial charge in [-0.1, -0.05) is 78.9 Å². The van der Waals surface area contributed by atoms with Crippen LogP contribution in [0.15, 0.2) is 78.9 Å². The van der Waals surface area contributed by atoms with E-state index in [0.717, 1.165) is 28.0 Å². The van der Waals surface area contributed by atoms with Gasteiger partial charge in [-0.2, -0.15) is 0 Å².